The van der Waals surface area contributed by atoms with E-state index in [1.165, 1.54) is 11.1 Å². The Kier molecular flexibility index (Phi) is 5.39. The van der Waals surface area contributed by atoms with Crippen molar-refractivity contribution < 1.29 is 9.21 Å². The first-order valence-corrected chi connectivity index (χ1v) is 11.1. The van der Waals surface area contributed by atoms with Crippen LogP contribution in [0.4, 0.5) is 5.82 Å². The van der Waals surface area contributed by atoms with Gasteiger partial charge >= 0.3 is 0 Å². The van der Waals surface area contributed by atoms with Gasteiger partial charge in [-0.3, -0.25) is 4.79 Å². The molecule has 1 atom stereocenters. The molecule has 1 saturated heterocycles. The van der Waals surface area contributed by atoms with E-state index >= 15 is 0 Å². The number of nitrogens with zero attached hydrogens (tertiary/aromatic N) is 4. The number of carbonyl (C=O) groups is 1. The van der Waals surface area contributed by atoms with Crippen LogP contribution in [0.3, 0.4) is 0 Å². The number of hydrogen-bond donors (Lipinski definition) is 1. The smallest absolute Gasteiger partial charge is 0.225 e. The molecule has 5 rings (SSSR count). The van der Waals surface area contributed by atoms with Crippen LogP contribution in [0.5, 0.6) is 0 Å². The lowest BCUT2D eigenvalue weighted by Crippen LogP contribution is -2.43. The molecule has 4 aromatic rings. The van der Waals surface area contributed by atoms with Crippen molar-refractivity contribution >= 4 is 17.2 Å². The molecular weight excluding hydrogens is 402 g/mol. The zero-order valence-electron chi connectivity index (χ0n) is 18.4. The second-order valence-electron chi connectivity index (χ2n) is 8.49. The molecule has 1 fully saturated rings. The number of aryl methyl sites for hydroxylation is 2. The Labute approximate surface area is 187 Å². The van der Waals surface area contributed by atoms with E-state index in [1.54, 1.807) is 12.5 Å². The minimum atomic E-state index is -0.0806. The second kappa shape index (κ2) is 8.49. The van der Waals surface area contributed by atoms with E-state index in [0.29, 0.717) is 13.1 Å². The monoisotopic (exact) mass is 429 g/mol. The number of piperidine rings is 1. The van der Waals surface area contributed by atoms with Crippen molar-refractivity contribution in [2.75, 3.05) is 18.0 Å². The summed E-state index contributed by atoms with van der Waals surface area (Å²) in [5, 5.41) is 7.78. The van der Waals surface area contributed by atoms with E-state index in [1.807, 2.05) is 22.8 Å². The Morgan fingerprint density at radius 1 is 1.22 bits per heavy atom. The maximum Gasteiger partial charge on any atom is 0.225 e. The highest BCUT2D eigenvalue weighted by Gasteiger charge is 2.28. The van der Waals surface area contributed by atoms with Crippen molar-refractivity contribution in [2.24, 2.45) is 5.92 Å². The second-order valence-corrected chi connectivity index (χ2v) is 8.49. The van der Waals surface area contributed by atoms with Gasteiger partial charge in [0.2, 0.25) is 5.91 Å². The number of benzene rings is 1. The summed E-state index contributed by atoms with van der Waals surface area (Å²) in [7, 11) is 0. The van der Waals surface area contributed by atoms with Gasteiger partial charge in [0.05, 0.1) is 24.4 Å². The quantitative estimate of drug-likeness (QED) is 0.516. The molecule has 1 aromatic carbocycles. The van der Waals surface area contributed by atoms with E-state index in [4.69, 9.17) is 9.52 Å². The number of amides is 1. The van der Waals surface area contributed by atoms with Crippen molar-refractivity contribution in [3.05, 3.63) is 71.9 Å². The van der Waals surface area contributed by atoms with Gasteiger partial charge in [-0.25, -0.2) is 9.50 Å². The van der Waals surface area contributed by atoms with E-state index in [9.17, 15) is 4.79 Å². The minimum Gasteiger partial charge on any atom is -0.467 e. The normalized spacial score (nSPS) is 16.4. The third kappa shape index (κ3) is 3.98. The summed E-state index contributed by atoms with van der Waals surface area (Å²) < 4.78 is 7.20. The summed E-state index contributed by atoms with van der Waals surface area (Å²) >= 11 is 0. The van der Waals surface area contributed by atoms with Gasteiger partial charge in [0.15, 0.2) is 5.82 Å². The highest BCUT2D eigenvalue weighted by atomic mass is 16.3. The fraction of sp³-hybridized carbons (Fsp3) is 0.320. The van der Waals surface area contributed by atoms with Gasteiger partial charge in [0.25, 0.3) is 0 Å². The van der Waals surface area contributed by atoms with Gasteiger partial charge in [-0.1, -0.05) is 12.1 Å². The topological polar surface area (TPSA) is 75.7 Å². The van der Waals surface area contributed by atoms with E-state index in [2.05, 4.69) is 53.3 Å². The molecule has 1 amide bonds. The van der Waals surface area contributed by atoms with Gasteiger partial charge in [-0.2, -0.15) is 5.10 Å². The minimum absolute atomic E-state index is 0.0578. The summed E-state index contributed by atoms with van der Waals surface area (Å²) in [5.74, 6) is 1.61. The number of hydrogen-bond acceptors (Lipinski definition) is 5. The number of furan rings is 1. The zero-order chi connectivity index (χ0) is 22.1. The molecule has 0 aliphatic carbocycles. The number of rotatable bonds is 5. The molecule has 1 N–H and O–H groups in total. The Hall–Kier alpha value is -3.61. The molecule has 3 aromatic heterocycles. The summed E-state index contributed by atoms with van der Waals surface area (Å²) in [6, 6.07) is 12.2. The van der Waals surface area contributed by atoms with Crippen LogP contribution in [0.25, 0.3) is 16.8 Å². The van der Waals surface area contributed by atoms with Crippen LogP contribution >= 0.6 is 0 Å². The van der Waals surface area contributed by atoms with Gasteiger partial charge in [0, 0.05) is 31.0 Å². The predicted molar refractivity (Wildman–Crippen MR) is 123 cm³/mol. The lowest BCUT2D eigenvalue weighted by atomic mass is 9.97. The molecule has 4 heterocycles. The average Bonchev–Trinajstić information content (AvgIpc) is 3.49. The maximum absolute atomic E-state index is 12.8. The van der Waals surface area contributed by atoms with Gasteiger partial charge < -0.3 is 14.6 Å². The van der Waals surface area contributed by atoms with Crippen molar-refractivity contribution in [2.45, 2.75) is 33.2 Å². The fourth-order valence-corrected chi connectivity index (χ4v) is 4.31. The number of anilines is 1. The number of carbonyl (C=O) groups excluding carboxylic acids is 1. The summed E-state index contributed by atoms with van der Waals surface area (Å²) in [5.41, 5.74) is 5.49. The molecular formula is C25H27N5O2. The third-order valence-electron chi connectivity index (χ3n) is 6.28. The first kappa shape index (κ1) is 20.3. The summed E-state index contributed by atoms with van der Waals surface area (Å²) in [6.07, 6.45) is 7.09. The first-order chi connectivity index (χ1) is 15.6. The molecule has 1 unspecified atom stereocenters. The van der Waals surface area contributed by atoms with Crippen molar-refractivity contribution in [1.29, 1.82) is 0 Å². The van der Waals surface area contributed by atoms with Gasteiger partial charge in [-0.15, -0.1) is 0 Å². The zero-order valence-corrected chi connectivity index (χ0v) is 18.4. The van der Waals surface area contributed by atoms with Crippen LogP contribution in [0.15, 0.2) is 59.5 Å². The van der Waals surface area contributed by atoms with Crippen LogP contribution in [0, 0.1) is 19.8 Å². The van der Waals surface area contributed by atoms with Crippen LogP contribution in [0.1, 0.15) is 29.7 Å². The number of fused-ring (bicyclic) bond motifs is 1. The largest absolute Gasteiger partial charge is 0.467 e. The van der Waals surface area contributed by atoms with Crippen LogP contribution in [0.2, 0.25) is 0 Å². The lowest BCUT2D eigenvalue weighted by molar-refractivity contribution is -0.125. The molecule has 7 nitrogen and oxygen atoms in total. The Balaban J connectivity index is 1.37. The maximum atomic E-state index is 12.8. The van der Waals surface area contributed by atoms with E-state index < -0.39 is 0 Å². The van der Waals surface area contributed by atoms with Crippen LogP contribution in [-0.2, 0) is 11.3 Å². The average molecular weight is 430 g/mol. The summed E-state index contributed by atoms with van der Waals surface area (Å²) in [4.78, 5) is 19.6. The molecule has 0 saturated carbocycles. The standard InChI is InChI=1S/C25H27N5O2/c1-17-7-8-19(13-18(17)2)22-14-23-24(26-9-11-30(23)28-22)29-10-3-5-20(16-29)25(31)27-15-21-6-4-12-32-21/h4,6-9,11-14,20H,3,5,10,15-16H2,1-2H3,(H,27,31). The van der Waals surface area contributed by atoms with Crippen molar-refractivity contribution in [1.82, 2.24) is 19.9 Å². The van der Waals surface area contributed by atoms with Crippen molar-refractivity contribution in [3.8, 4) is 11.3 Å². The molecule has 1 aliphatic heterocycles. The molecule has 0 bridgehead atoms. The number of nitrogens with one attached hydrogen (secondary N) is 1. The van der Waals surface area contributed by atoms with Crippen molar-refractivity contribution in [3.63, 3.8) is 0 Å². The van der Waals surface area contributed by atoms with Crippen LogP contribution < -0.4 is 10.2 Å². The third-order valence-corrected chi connectivity index (χ3v) is 6.28. The molecule has 32 heavy (non-hydrogen) atoms. The molecule has 164 valence electrons. The highest BCUT2D eigenvalue weighted by molar-refractivity contribution is 5.81. The predicted octanol–water partition coefficient (Wildman–Crippen LogP) is 4.14. The Morgan fingerprint density at radius 2 is 2.12 bits per heavy atom. The van der Waals surface area contributed by atoms with E-state index in [0.717, 1.165) is 47.7 Å². The van der Waals surface area contributed by atoms with Crippen LogP contribution in [-0.4, -0.2) is 33.6 Å². The van der Waals surface area contributed by atoms with E-state index in [-0.39, 0.29) is 11.8 Å². The molecule has 0 spiro atoms. The molecule has 1 aliphatic rings. The fourth-order valence-electron chi connectivity index (χ4n) is 4.31. The summed E-state index contributed by atoms with van der Waals surface area (Å²) in [6.45, 7) is 6.16. The lowest BCUT2D eigenvalue weighted by Gasteiger charge is -2.33. The Morgan fingerprint density at radius 3 is 2.94 bits per heavy atom. The van der Waals surface area contributed by atoms with Gasteiger partial charge in [0.1, 0.15) is 11.3 Å². The number of aromatic nitrogens is 3. The molecule has 0 radical (unpaired) electrons. The first-order valence-electron chi connectivity index (χ1n) is 11.1. The molecule has 7 heteroatoms. The highest BCUT2D eigenvalue weighted by Crippen LogP contribution is 2.29. The Bertz CT molecular complexity index is 1240. The van der Waals surface area contributed by atoms with Gasteiger partial charge in [-0.05, 0) is 62.1 Å². The SMILES string of the molecule is Cc1ccc(-c2cc3c(N4CCCC(C(=O)NCc5ccco5)C4)nccn3n2)cc1C.